The molecule has 0 spiro atoms. The molecule has 5 nitrogen and oxygen atoms in total. The van der Waals surface area contributed by atoms with E-state index in [-0.39, 0.29) is 12.3 Å². The van der Waals surface area contributed by atoms with Crippen molar-refractivity contribution < 1.29 is 14.3 Å². The number of anilines is 1. The molecule has 6 heteroatoms. The second-order valence-corrected chi connectivity index (χ2v) is 5.27. The fraction of sp³-hybridized carbons (Fsp3) is 0.200. The minimum atomic E-state index is -0.456. The van der Waals surface area contributed by atoms with Crippen LogP contribution in [0, 0.1) is 0 Å². The Morgan fingerprint density at radius 1 is 1.24 bits per heavy atom. The SMILES string of the molecule is COC(=O)c1sccc1NC(=O)Cc1ccccc1CN. The van der Waals surface area contributed by atoms with Gasteiger partial charge in [-0.3, -0.25) is 4.79 Å². The Kier molecular flexibility index (Phi) is 5.08. The molecule has 0 unspecified atom stereocenters. The molecule has 0 saturated heterocycles. The smallest absolute Gasteiger partial charge is 0.350 e. The molecule has 3 N–H and O–H groups in total. The van der Waals surface area contributed by atoms with E-state index in [2.05, 4.69) is 10.1 Å². The van der Waals surface area contributed by atoms with Crippen molar-refractivity contribution >= 4 is 28.9 Å². The molecule has 1 amide bonds. The summed E-state index contributed by atoms with van der Waals surface area (Å²) in [6.07, 6.45) is 0.212. The van der Waals surface area contributed by atoms with Gasteiger partial charge in [0.15, 0.2) is 0 Å². The van der Waals surface area contributed by atoms with Crippen molar-refractivity contribution in [1.82, 2.24) is 0 Å². The molecule has 0 aliphatic carbocycles. The van der Waals surface area contributed by atoms with Crippen LogP contribution in [0.5, 0.6) is 0 Å². The Labute approximate surface area is 126 Å². The number of esters is 1. The number of thiophene rings is 1. The van der Waals surface area contributed by atoms with Gasteiger partial charge in [0.2, 0.25) is 5.91 Å². The van der Waals surface area contributed by atoms with E-state index in [0.717, 1.165) is 11.1 Å². The highest BCUT2D eigenvalue weighted by Crippen LogP contribution is 2.23. The van der Waals surface area contributed by atoms with Gasteiger partial charge in [0, 0.05) is 6.54 Å². The number of nitrogens with two attached hydrogens (primary N) is 1. The maximum Gasteiger partial charge on any atom is 0.350 e. The van der Waals surface area contributed by atoms with Gasteiger partial charge >= 0.3 is 5.97 Å². The maximum absolute atomic E-state index is 12.1. The average molecular weight is 304 g/mol. The zero-order valence-corrected chi connectivity index (χ0v) is 12.4. The summed E-state index contributed by atoms with van der Waals surface area (Å²) in [4.78, 5) is 24.1. The molecule has 0 aliphatic heterocycles. The quantitative estimate of drug-likeness (QED) is 0.830. The lowest BCUT2D eigenvalue weighted by molar-refractivity contribution is -0.115. The summed E-state index contributed by atoms with van der Waals surface area (Å²) in [7, 11) is 1.31. The molecule has 0 saturated carbocycles. The molecule has 1 aromatic heterocycles. The Morgan fingerprint density at radius 2 is 1.95 bits per heavy atom. The number of rotatable bonds is 5. The van der Waals surface area contributed by atoms with Crippen LogP contribution in [-0.2, 0) is 22.5 Å². The van der Waals surface area contributed by atoms with Crippen LogP contribution >= 0.6 is 11.3 Å². The Hall–Kier alpha value is -2.18. The van der Waals surface area contributed by atoms with E-state index < -0.39 is 5.97 Å². The van der Waals surface area contributed by atoms with Crippen molar-refractivity contribution in [1.29, 1.82) is 0 Å². The summed E-state index contributed by atoms with van der Waals surface area (Å²) in [5, 5.41) is 4.47. The molecule has 0 fully saturated rings. The minimum absolute atomic E-state index is 0.195. The molecule has 21 heavy (non-hydrogen) atoms. The van der Waals surface area contributed by atoms with E-state index in [0.29, 0.717) is 17.1 Å². The van der Waals surface area contributed by atoms with Gasteiger partial charge in [0.1, 0.15) is 4.88 Å². The molecular formula is C15H16N2O3S. The van der Waals surface area contributed by atoms with Gasteiger partial charge < -0.3 is 15.8 Å². The van der Waals surface area contributed by atoms with Crippen LogP contribution in [0.3, 0.4) is 0 Å². The Balaban J connectivity index is 2.09. The predicted octanol–water partition coefficient (Wildman–Crippen LogP) is 2.17. The highest BCUT2D eigenvalue weighted by Gasteiger charge is 2.16. The lowest BCUT2D eigenvalue weighted by atomic mass is 10.0. The van der Waals surface area contributed by atoms with Crippen LogP contribution in [0.2, 0.25) is 0 Å². The molecule has 2 rings (SSSR count). The second kappa shape index (κ2) is 7.01. The number of ether oxygens (including phenoxy) is 1. The number of carbonyl (C=O) groups is 2. The molecule has 0 aliphatic rings. The molecule has 1 aromatic carbocycles. The molecular weight excluding hydrogens is 288 g/mol. The average Bonchev–Trinajstić information content (AvgIpc) is 2.95. The zero-order valence-electron chi connectivity index (χ0n) is 11.6. The van der Waals surface area contributed by atoms with Gasteiger partial charge in [0.05, 0.1) is 19.2 Å². The monoisotopic (exact) mass is 304 g/mol. The van der Waals surface area contributed by atoms with Gasteiger partial charge in [0.25, 0.3) is 0 Å². The number of methoxy groups -OCH3 is 1. The summed E-state index contributed by atoms with van der Waals surface area (Å²) in [6, 6.07) is 9.21. The summed E-state index contributed by atoms with van der Waals surface area (Å²) >= 11 is 1.23. The van der Waals surface area contributed by atoms with E-state index in [1.807, 2.05) is 24.3 Å². The van der Waals surface area contributed by atoms with Gasteiger partial charge in [-0.25, -0.2) is 4.79 Å². The first-order valence-electron chi connectivity index (χ1n) is 6.38. The molecule has 0 bridgehead atoms. The first kappa shape index (κ1) is 15.2. The summed E-state index contributed by atoms with van der Waals surface area (Å²) < 4.78 is 4.68. The molecule has 0 atom stereocenters. The van der Waals surface area contributed by atoms with Gasteiger partial charge in [-0.1, -0.05) is 24.3 Å². The van der Waals surface area contributed by atoms with Crippen molar-refractivity contribution in [2.24, 2.45) is 5.73 Å². The van der Waals surface area contributed by atoms with Gasteiger partial charge in [-0.2, -0.15) is 0 Å². The van der Waals surface area contributed by atoms with Crippen LogP contribution in [0.4, 0.5) is 5.69 Å². The number of benzene rings is 1. The summed E-state index contributed by atoms with van der Waals surface area (Å²) in [5.41, 5.74) is 7.95. The predicted molar refractivity (Wildman–Crippen MR) is 82.3 cm³/mol. The van der Waals surface area contributed by atoms with Crippen LogP contribution in [-0.4, -0.2) is 19.0 Å². The normalized spacial score (nSPS) is 10.2. The third-order valence-corrected chi connectivity index (χ3v) is 3.89. The van der Waals surface area contributed by atoms with Crippen molar-refractivity contribution in [3.05, 3.63) is 51.7 Å². The number of nitrogens with one attached hydrogen (secondary N) is 1. The third kappa shape index (κ3) is 3.68. The van der Waals surface area contributed by atoms with Crippen molar-refractivity contribution in [3.8, 4) is 0 Å². The lowest BCUT2D eigenvalue weighted by Crippen LogP contribution is -2.17. The van der Waals surface area contributed by atoms with E-state index in [1.165, 1.54) is 18.4 Å². The fourth-order valence-electron chi connectivity index (χ4n) is 1.95. The number of amides is 1. The van der Waals surface area contributed by atoms with Gasteiger partial charge in [-0.15, -0.1) is 11.3 Å². The Morgan fingerprint density at radius 3 is 2.62 bits per heavy atom. The number of carbonyl (C=O) groups excluding carboxylic acids is 2. The number of hydrogen-bond donors (Lipinski definition) is 2. The largest absolute Gasteiger partial charge is 0.465 e. The van der Waals surface area contributed by atoms with E-state index in [4.69, 9.17) is 5.73 Å². The highest BCUT2D eigenvalue weighted by atomic mass is 32.1. The van der Waals surface area contributed by atoms with Crippen molar-refractivity contribution in [2.75, 3.05) is 12.4 Å². The molecule has 1 heterocycles. The standard InChI is InChI=1S/C15H16N2O3S/c1-20-15(19)14-12(6-7-21-14)17-13(18)8-10-4-2-3-5-11(10)9-16/h2-7H,8-9,16H2,1H3,(H,17,18). The van der Waals surface area contributed by atoms with E-state index in [9.17, 15) is 9.59 Å². The summed E-state index contributed by atoms with van der Waals surface area (Å²) in [6.45, 7) is 0.384. The van der Waals surface area contributed by atoms with Crippen LogP contribution in [0.15, 0.2) is 35.7 Å². The number of hydrogen-bond acceptors (Lipinski definition) is 5. The van der Waals surface area contributed by atoms with Crippen LogP contribution < -0.4 is 11.1 Å². The first-order chi connectivity index (χ1) is 10.2. The van der Waals surface area contributed by atoms with Gasteiger partial charge in [-0.05, 0) is 22.6 Å². The van der Waals surface area contributed by atoms with Crippen molar-refractivity contribution in [2.45, 2.75) is 13.0 Å². The molecule has 0 radical (unpaired) electrons. The van der Waals surface area contributed by atoms with Crippen LogP contribution in [0.1, 0.15) is 20.8 Å². The topological polar surface area (TPSA) is 81.4 Å². The lowest BCUT2D eigenvalue weighted by Gasteiger charge is -2.08. The highest BCUT2D eigenvalue weighted by molar-refractivity contribution is 7.12. The second-order valence-electron chi connectivity index (χ2n) is 4.35. The minimum Gasteiger partial charge on any atom is -0.465 e. The first-order valence-corrected chi connectivity index (χ1v) is 7.26. The maximum atomic E-state index is 12.1. The molecule has 2 aromatic rings. The fourth-order valence-corrected chi connectivity index (χ4v) is 2.72. The van der Waals surface area contributed by atoms with Crippen molar-refractivity contribution in [3.63, 3.8) is 0 Å². The Bertz CT molecular complexity index is 652. The zero-order chi connectivity index (χ0) is 15.2. The third-order valence-electron chi connectivity index (χ3n) is 3.00. The van der Waals surface area contributed by atoms with E-state index in [1.54, 1.807) is 11.4 Å². The summed E-state index contributed by atoms with van der Waals surface area (Å²) in [5.74, 6) is -0.651. The van der Waals surface area contributed by atoms with E-state index >= 15 is 0 Å². The van der Waals surface area contributed by atoms with Crippen LogP contribution in [0.25, 0.3) is 0 Å². The molecule has 110 valence electrons.